The molecule has 1 saturated carbocycles. The van der Waals surface area contributed by atoms with E-state index in [1.54, 1.807) is 18.2 Å². The summed E-state index contributed by atoms with van der Waals surface area (Å²) in [5.74, 6) is -0.0694. The Morgan fingerprint density at radius 1 is 1.24 bits per heavy atom. The van der Waals surface area contributed by atoms with Crippen molar-refractivity contribution in [3.63, 3.8) is 0 Å². The van der Waals surface area contributed by atoms with E-state index in [0.717, 1.165) is 12.8 Å². The quantitative estimate of drug-likeness (QED) is 0.776. The van der Waals surface area contributed by atoms with Gasteiger partial charge in [0.05, 0.1) is 5.02 Å². The predicted octanol–water partition coefficient (Wildman–Crippen LogP) is 4.34. The summed E-state index contributed by atoms with van der Waals surface area (Å²) in [7, 11) is 0. The average Bonchev–Trinajstić information content (AvgIpc) is 2.48. The molecule has 0 radical (unpaired) electrons. The van der Waals surface area contributed by atoms with Gasteiger partial charge in [-0.05, 0) is 44.9 Å². The lowest BCUT2D eigenvalue weighted by molar-refractivity contribution is 0.0647. The molecule has 1 aliphatic rings. The first-order valence-corrected chi connectivity index (χ1v) is 8.03. The SMILES string of the molecule is CCN(C(=O)c1ccc(C(C)=O)c(Cl)c1)C1CCCCC1. The van der Waals surface area contributed by atoms with Gasteiger partial charge in [0, 0.05) is 23.7 Å². The van der Waals surface area contributed by atoms with Crippen LogP contribution in [0, 0.1) is 0 Å². The zero-order chi connectivity index (χ0) is 15.4. The normalized spacial score (nSPS) is 15.8. The number of nitrogens with zero attached hydrogens (tertiary/aromatic N) is 1. The number of carbonyl (C=O) groups is 2. The molecule has 0 N–H and O–H groups in total. The van der Waals surface area contributed by atoms with Crippen molar-refractivity contribution in [3.05, 3.63) is 34.3 Å². The second-order valence-corrected chi connectivity index (χ2v) is 6.04. The lowest BCUT2D eigenvalue weighted by atomic mass is 9.93. The molecule has 2 rings (SSSR count). The van der Waals surface area contributed by atoms with E-state index in [4.69, 9.17) is 11.6 Å². The van der Waals surface area contributed by atoms with Gasteiger partial charge in [0.15, 0.2) is 5.78 Å². The van der Waals surface area contributed by atoms with Gasteiger partial charge in [0.2, 0.25) is 0 Å². The van der Waals surface area contributed by atoms with Crippen LogP contribution in [0.4, 0.5) is 0 Å². The Morgan fingerprint density at radius 2 is 1.90 bits per heavy atom. The molecule has 1 fully saturated rings. The predicted molar refractivity (Wildman–Crippen MR) is 85.0 cm³/mol. The van der Waals surface area contributed by atoms with E-state index in [-0.39, 0.29) is 11.7 Å². The third-order valence-electron chi connectivity index (χ3n) is 4.21. The third-order valence-corrected chi connectivity index (χ3v) is 4.53. The Bertz CT molecular complexity index is 536. The lowest BCUT2D eigenvalue weighted by Gasteiger charge is -2.33. The van der Waals surface area contributed by atoms with Crippen LogP contribution in [0.5, 0.6) is 0 Å². The van der Waals surface area contributed by atoms with E-state index in [2.05, 4.69) is 0 Å². The molecule has 3 nitrogen and oxygen atoms in total. The van der Waals surface area contributed by atoms with E-state index < -0.39 is 0 Å². The highest BCUT2D eigenvalue weighted by Gasteiger charge is 2.25. The molecule has 1 amide bonds. The molecule has 0 aliphatic heterocycles. The summed E-state index contributed by atoms with van der Waals surface area (Å²) in [6.07, 6.45) is 5.82. The Kier molecular flexibility index (Phi) is 5.40. The molecule has 21 heavy (non-hydrogen) atoms. The summed E-state index contributed by atoms with van der Waals surface area (Å²) in [6, 6.07) is 5.30. The zero-order valence-corrected chi connectivity index (χ0v) is 13.4. The summed E-state index contributed by atoms with van der Waals surface area (Å²) in [5.41, 5.74) is 1.03. The summed E-state index contributed by atoms with van der Waals surface area (Å²) in [4.78, 5) is 26.0. The topological polar surface area (TPSA) is 37.4 Å². The van der Waals surface area contributed by atoms with Crippen molar-refractivity contribution in [1.82, 2.24) is 4.90 Å². The summed E-state index contributed by atoms with van der Waals surface area (Å²) in [5, 5.41) is 0.355. The molecule has 1 aromatic rings. The summed E-state index contributed by atoms with van der Waals surface area (Å²) >= 11 is 6.11. The van der Waals surface area contributed by atoms with Gasteiger partial charge in [-0.25, -0.2) is 0 Å². The van der Waals surface area contributed by atoms with Crippen molar-refractivity contribution in [2.75, 3.05) is 6.54 Å². The van der Waals surface area contributed by atoms with E-state index in [1.165, 1.54) is 26.2 Å². The fourth-order valence-corrected chi connectivity index (χ4v) is 3.37. The van der Waals surface area contributed by atoms with Crippen molar-refractivity contribution in [2.24, 2.45) is 0 Å². The third kappa shape index (κ3) is 3.65. The van der Waals surface area contributed by atoms with Crippen LogP contribution in [0.1, 0.15) is 66.7 Å². The first-order valence-electron chi connectivity index (χ1n) is 7.66. The number of benzene rings is 1. The van der Waals surface area contributed by atoms with E-state index >= 15 is 0 Å². The molecule has 0 unspecified atom stereocenters. The van der Waals surface area contributed by atoms with Crippen LogP contribution in [-0.2, 0) is 0 Å². The molecular formula is C17H22ClNO2. The van der Waals surface area contributed by atoms with Crippen LogP contribution in [-0.4, -0.2) is 29.2 Å². The highest BCUT2D eigenvalue weighted by atomic mass is 35.5. The number of hydrogen-bond acceptors (Lipinski definition) is 2. The van der Waals surface area contributed by atoms with E-state index in [1.807, 2.05) is 11.8 Å². The van der Waals surface area contributed by atoms with Crippen LogP contribution in [0.2, 0.25) is 5.02 Å². The van der Waals surface area contributed by atoms with Crippen LogP contribution in [0.25, 0.3) is 0 Å². The van der Waals surface area contributed by atoms with Crippen LogP contribution in [0.15, 0.2) is 18.2 Å². The maximum atomic E-state index is 12.7. The van der Waals surface area contributed by atoms with E-state index in [0.29, 0.717) is 28.7 Å². The van der Waals surface area contributed by atoms with Crippen LogP contribution < -0.4 is 0 Å². The minimum absolute atomic E-state index is 0.0152. The molecule has 0 heterocycles. The van der Waals surface area contributed by atoms with E-state index in [9.17, 15) is 9.59 Å². The number of amides is 1. The lowest BCUT2D eigenvalue weighted by Crippen LogP contribution is -2.41. The van der Waals surface area contributed by atoms with Gasteiger partial charge in [-0.3, -0.25) is 9.59 Å². The van der Waals surface area contributed by atoms with Gasteiger partial charge in [0.25, 0.3) is 5.91 Å². The largest absolute Gasteiger partial charge is 0.336 e. The van der Waals surface area contributed by atoms with Gasteiger partial charge in [0.1, 0.15) is 0 Å². The maximum absolute atomic E-state index is 12.7. The first-order chi connectivity index (χ1) is 10.0. The van der Waals surface area contributed by atoms with Crippen molar-refractivity contribution in [1.29, 1.82) is 0 Å². The molecular weight excluding hydrogens is 286 g/mol. The molecule has 1 aliphatic carbocycles. The first kappa shape index (κ1) is 16.0. The number of rotatable bonds is 4. The van der Waals surface area contributed by atoms with Crippen molar-refractivity contribution in [3.8, 4) is 0 Å². The number of ketones is 1. The molecule has 0 aromatic heterocycles. The molecule has 114 valence electrons. The number of carbonyl (C=O) groups excluding carboxylic acids is 2. The van der Waals surface area contributed by atoms with Crippen molar-refractivity contribution in [2.45, 2.75) is 52.0 Å². The Morgan fingerprint density at radius 3 is 2.43 bits per heavy atom. The fourth-order valence-electron chi connectivity index (χ4n) is 3.06. The highest BCUT2D eigenvalue weighted by molar-refractivity contribution is 6.34. The minimum atomic E-state index is -0.0846. The monoisotopic (exact) mass is 307 g/mol. The van der Waals surface area contributed by atoms with Gasteiger partial charge in [-0.1, -0.05) is 30.9 Å². The Hall–Kier alpha value is -1.35. The molecule has 4 heteroatoms. The molecule has 0 atom stereocenters. The Balaban J connectivity index is 2.21. The van der Waals surface area contributed by atoms with Gasteiger partial charge in [-0.15, -0.1) is 0 Å². The molecule has 0 saturated heterocycles. The molecule has 1 aromatic carbocycles. The molecule has 0 bridgehead atoms. The fraction of sp³-hybridized carbons (Fsp3) is 0.529. The van der Waals surface area contributed by atoms with Gasteiger partial charge < -0.3 is 4.90 Å². The average molecular weight is 308 g/mol. The number of halogens is 1. The molecule has 0 spiro atoms. The van der Waals surface area contributed by atoms with Crippen molar-refractivity contribution >= 4 is 23.3 Å². The summed E-state index contributed by atoms with van der Waals surface area (Å²) < 4.78 is 0. The minimum Gasteiger partial charge on any atom is -0.336 e. The Labute approximate surface area is 131 Å². The van der Waals surface area contributed by atoms with Crippen LogP contribution in [0.3, 0.4) is 0 Å². The standard InChI is InChI=1S/C17H22ClNO2/c1-3-19(14-7-5-4-6-8-14)17(21)13-9-10-15(12(2)20)16(18)11-13/h9-11,14H,3-8H2,1-2H3. The number of Topliss-reactive ketones (excluding diaryl/α,β-unsaturated/α-hetero) is 1. The van der Waals surface area contributed by atoms with Crippen molar-refractivity contribution < 1.29 is 9.59 Å². The highest BCUT2D eigenvalue weighted by Crippen LogP contribution is 2.25. The second kappa shape index (κ2) is 7.08. The summed E-state index contributed by atoms with van der Waals surface area (Å²) in [6.45, 7) is 4.19. The second-order valence-electron chi connectivity index (χ2n) is 5.63. The number of hydrogen-bond donors (Lipinski definition) is 0. The zero-order valence-electron chi connectivity index (χ0n) is 12.7. The smallest absolute Gasteiger partial charge is 0.254 e. The van der Waals surface area contributed by atoms with Gasteiger partial charge in [-0.2, -0.15) is 0 Å². The maximum Gasteiger partial charge on any atom is 0.254 e. The van der Waals surface area contributed by atoms with Crippen LogP contribution >= 0.6 is 11.6 Å². The van der Waals surface area contributed by atoms with Gasteiger partial charge >= 0.3 is 0 Å².